The Morgan fingerprint density at radius 3 is 2.55 bits per heavy atom. The van der Waals surface area contributed by atoms with Crippen molar-refractivity contribution in [3.8, 4) is 5.75 Å². The fourth-order valence-electron chi connectivity index (χ4n) is 1.39. The smallest absolute Gasteiger partial charge is 0.263 e. The minimum Gasteiger partial charge on any atom is -0.494 e. The maximum absolute atomic E-state index is 12.1. The van der Waals surface area contributed by atoms with Crippen molar-refractivity contribution in [3.63, 3.8) is 0 Å². The molecular weight excluding hydrogens is 318 g/mol. The molecule has 0 aliphatic heterocycles. The van der Waals surface area contributed by atoms with E-state index in [0.717, 1.165) is 0 Å². The van der Waals surface area contributed by atoms with Gasteiger partial charge in [-0.25, -0.2) is 8.42 Å². The SMILES string of the molecule is CCOc1ccc(S(=O)(=O)Nc2nnc(SC)s2)cc1. The van der Waals surface area contributed by atoms with Crippen molar-refractivity contribution in [2.45, 2.75) is 16.2 Å². The molecule has 1 aromatic heterocycles. The maximum atomic E-state index is 12.1. The topological polar surface area (TPSA) is 81.2 Å². The number of hydrogen-bond donors (Lipinski definition) is 1. The monoisotopic (exact) mass is 331 g/mol. The second kappa shape index (κ2) is 6.42. The molecule has 0 aliphatic carbocycles. The van der Waals surface area contributed by atoms with Gasteiger partial charge < -0.3 is 4.74 Å². The fourth-order valence-corrected chi connectivity index (χ4v) is 3.79. The summed E-state index contributed by atoms with van der Waals surface area (Å²) in [5.74, 6) is 0.632. The van der Waals surface area contributed by atoms with Crippen molar-refractivity contribution in [2.75, 3.05) is 17.6 Å². The molecular formula is C11H13N3O3S3. The Labute approximate surface area is 125 Å². The summed E-state index contributed by atoms with van der Waals surface area (Å²) in [7, 11) is -3.65. The van der Waals surface area contributed by atoms with Gasteiger partial charge in [0.25, 0.3) is 10.0 Å². The van der Waals surface area contributed by atoms with Gasteiger partial charge in [-0.1, -0.05) is 23.1 Å². The zero-order valence-electron chi connectivity index (χ0n) is 10.9. The normalized spacial score (nSPS) is 11.3. The minimum atomic E-state index is -3.65. The molecule has 0 amide bonds. The highest BCUT2D eigenvalue weighted by Gasteiger charge is 2.16. The van der Waals surface area contributed by atoms with Crippen molar-refractivity contribution in [1.82, 2.24) is 10.2 Å². The van der Waals surface area contributed by atoms with Gasteiger partial charge in [0, 0.05) is 0 Å². The first-order chi connectivity index (χ1) is 9.55. The highest BCUT2D eigenvalue weighted by molar-refractivity contribution is 8.00. The van der Waals surface area contributed by atoms with E-state index in [2.05, 4.69) is 14.9 Å². The maximum Gasteiger partial charge on any atom is 0.263 e. The lowest BCUT2D eigenvalue weighted by Crippen LogP contribution is -2.12. The lowest BCUT2D eigenvalue weighted by molar-refractivity contribution is 0.340. The van der Waals surface area contributed by atoms with E-state index in [1.807, 2.05) is 13.2 Å². The number of sulfonamides is 1. The highest BCUT2D eigenvalue weighted by Crippen LogP contribution is 2.25. The first-order valence-corrected chi connectivity index (χ1v) is 9.21. The molecule has 9 heteroatoms. The molecule has 2 aromatic rings. The summed E-state index contributed by atoms with van der Waals surface area (Å²) in [6.07, 6.45) is 1.85. The average molecular weight is 331 g/mol. The van der Waals surface area contributed by atoms with Crippen molar-refractivity contribution < 1.29 is 13.2 Å². The van der Waals surface area contributed by atoms with Gasteiger partial charge in [0.05, 0.1) is 11.5 Å². The van der Waals surface area contributed by atoms with E-state index in [1.54, 1.807) is 12.1 Å². The van der Waals surface area contributed by atoms with Gasteiger partial charge in [-0.2, -0.15) is 0 Å². The van der Waals surface area contributed by atoms with E-state index in [9.17, 15) is 8.42 Å². The lowest BCUT2D eigenvalue weighted by Gasteiger charge is -2.06. The predicted molar refractivity (Wildman–Crippen MR) is 80.1 cm³/mol. The highest BCUT2D eigenvalue weighted by atomic mass is 32.2. The molecule has 6 nitrogen and oxygen atoms in total. The summed E-state index contributed by atoms with van der Waals surface area (Å²) >= 11 is 2.60. The first-order valence-electron chi connectivity index (χ1n) is 5.68. The van der Waals surface area contributed by atoms with Crippen LogP contribution in [0.2, 0.25) is 0 Å². The number of anilines is 1. The molecule has 20 heavy (non-hydrogen) atoms. The summed E-state index contributed by atoms with van der Waals surface area (Å²) in [6.45, 7) is 2.40. The summed E-state index contributed by atoms with van der Waals surface area (Å²) in [5, 5.41) is 7.87. The number of aromatic nitrogens is 2. The van der Waals surface area contributed by atoms with Crippen LogP contribution in [0.5, 0.6) is 5.75 Å². The Balaban J connectivity index is 2.17. The van der Waals surface area contributed by atoms with Gasteiger partial charge in [0.1, 0.15) is 5.75 Å². The fraction of sp³-hybridized carbons (Fsp3) is 0.273. The van der Waals surface area contributed by atoms with Crippen LogP contribution in [0.25, 0.3) is 0 Å². The number of ether oxygens (including phenoxy) is 1. The van der Waals surface area contributed by atoms with Crippen LogP contribution in [0.4, 0.5) is 5.13 Å². The van der Waals surface area contributed by atoms with Gasteiger partial charge >= 0.3 is 0 Å². The van der Waals surface area contributed by atoms with Crippen LogP contribution >= 0.6 is 23.1 Å². The van der Waals surface area contributed by atoms with E-state index in [0.29, 0.717) is 16.7 Å². The molecule has 1 heterocycles. The van der Waals surface area contributed by atoms with Crippen LogP contribution in [0, 0.1) is 0 Å². The van der Waals surface area contributed by atoms with Gasteiger partial charge in [-0.05, 0) is 37.4 Å². The van der Waals surface area contributed by atoms with Gasteiger partial charge in [-0.3, -0.25) is 4.72 Å². The van der Waals surface area contributed by atoms with Crippen molar-refractivity contribution >= 4 is 38.3 Å². The Kier molecular flexibility index (Phi) is 4.84. The molecule has 0 saturated heterocycles. The first kappa shape index (κ1) is 15.1. The van der Waals surface area contributed by atoms with Crippen LogP contribution in [-0.2, 0) is 10.0 Å². The standard InChI is InChI=1S/C11H13N3O3S3/c1-3-17-8-4-6-9(7-5-8)20(15,16)14-10-12-13-11(18-2)19-10/h4-7H,3H2,1-2H3,(H,12,14). The number of rotatable bonds is 6. The largest absolute Gasteiger partial charge is 0.494 e. The molecule has 0 unspecified atom stereocenters. The predicted octanol–water partition coefficient (Wildman–Crippen LogP) is 2.46. The number of thioether (sulfide) groups is 1. The van der Waals surface area contributed by atoms with Crippen LogP contribution in [0.3, 0.4) is 0 Å². The summed E-state index contributed by atoms with van der Waals surface area (Å²) in [4.78, 5) is 0.154. The van der Waals surface area contributed by atoms with Crippen LogP contribution in [0.1, 0.15) is 6.92 Å². The lowest BCUT2D eigenvalue weighted by atomic mass is 10.3. The Hall–Kier alpha value is -1.32. The number of nitrogens with one attached hydrogen (secondary N) is 1. The van der Waals surface area contributed by atoms with Crippen molar-refractivity contribution in [1.29, 1.82) is 0 Å². The van der Waals surface area contributed by atoms with Crippen LogP contribution in [-0.4, -0.2) is 31.5 Å². The third-order valence-corrected chi connectivity index (χ3v) is 5.55. The van der Waals surface area contributed by atoms with Gasteiger partial charge in [-0.15, -0.1) is 10.2 Å². The second-order valence-electron chi connectivity index (χ2n) is 3.59. The zero-order chi connectivity index (χ0) is 14.6. The van der Waals surface area contributed by atoms with E-state index in [1.165, 1.54) is 35.2 Å². The number of nitrogens with zero attached hydrogens (tertiary/aromatic N) is 2. The third kappa shape index (κ3) is 3.62. The molecule has 0 aliphatic rings. The molecule has 0 atom stereocenters. The zero-order valence-corrected chi connectivity index (χ0v) is 13.3. The van der Waals surface area contributed by atoms with Crippen molar-refractivity contribution in [2.24, 2.45) is 0 Å². The molecule has 1 aromatic carbocycles. The Bertz CT molecular complexity index is 668. The van der Waals surface area contributed by atoms with Gasteiger partial charge in [0.15, 0.2) is 4.34 Å². The second-order valence-corrected chi connectivity index (χ2v) is 7.30. The quantitative estimate of drug-likeness (QED) is 0.819. The molecule has 108 valence electrons. The van der Waals surface area contributed by atoms with Gasteiger partial charge in [0.2, 0.25) is 5.13 Å². The Morgan fingerprint density at radius 1 is 1.30 bits per heavy atom. The van der Waals surface area contributed by atoms with Crippen LogP contribution in [0.15, 0.2) is 33.5 Å². The molecule has 0 bridgehead atoms. The molecule has 1 N–H and O–H groups in total. The van der Waals surface area contributed by atoms with E-state index < -0.39 is 10.0 Å². The minimum absolute atomic E-state index is 0.154. The molecule has 0 radical (unpaired) electrons. The summed E-state index contributed by atoms with van der Waals surface area (Å²) < 4.78 is 32.7. The van der Waals surface area contributed by atoms with E-state index in [4.69, 9.17) is 4.74 Å². The molecule has 0 fully saturated rings. The third-order valence-electron chi connectivity index (χ3n) is 2.25. The molecule has 2 rings (SSSR count). The number of hydrogen-bond acceptors (Lipinski definition) is 7. The van der Waals surface area contributed by atoms with E-state index in [-0.39, 0.29) is 10.0 Å². The molecule has 0 saturated carbocycles. The molecule has 0 spiro atoms. The summed E-state index contributed by atoms with van der Waals surface area (Å²) in [6, 6.07) is 6.21. The Morgan fingerprint density at radius 2 is 2.00 bits per heavy atom. The summed E-state index contributed by atoms with van der Waals surface area (Å²) in [5.41, 5.74) is 0. The van der Waals surface area contributed by atoms with Crippen molar-refractivity contribution in [3.05, 3.63) is 24.3 Å². The van der Waals surface area contributed by atoms with Crippen LogP contribution < -0.4 is 9.46 Å². The number of benzene rings is 1. The average Bonchev–Trinajstić information content (AvgIpc) is 2.87. The van der Waals surface area contributed by atoms with E-state index >= 15 is 0 Å².